The number of aliphatic carboxylic acids is 1. The van der Waals surface area contributed by atoms with Crippen molar-refractivity contribution in [3.8, 4) is 10.6 Å². The summed E-state index contributed by atoms with van der Waals surface area (Å²) in [5.41, 5.74) is 1.62. The van der Waals surface area contributed by atoms with E-state index >= 15 is 0 Å². The van der Waals surface area contributed by atoms with Crippen molar-refractivity contribution in [2.24, 2.45) is 0 Å². The van der Waals surface area contributed by atoms with Crippen LogP contribution in [0.5, 0.6) is 0 Å². The first kappa shape index (κ1) is 16.6. The fourth-order valence-corrected chi connectivity index (χ4v) is 3.02. The van der Waals surface area contributed by atoms with Gasteiger partial charge in [-0.15, -0.1) is 11.3 Å². The lowest BCUT2D eigenvalue weighted by Crippen LogP contribution is -2.41. The highest BCUT2D eigenvalue weighted by Gasteiger charge is 2.22. The lowest BCUT2D eigenvalue weighted by Gasteiger charge is -2.20. The number of amides is 1. The molecule has 7 heteroatoms. The molecule has 1 heterocycles. The molecule has 0 aliphatic carbocycles. The Bertz CT molecular complexity index is 702. The zero-order valence-electron chi connectivity index (χ0n) is 12.1. The minimum Gasteiger partial charge on any atom is -0.480 e. The van der Waals surface area contributed by atoms with E-state index in [1.54, 1.807) is 0 Å². The molecule has 0 radical (unpaired) electrons. The third-order valence-corrected chi connectivity index (χ3v) is 4.72. The lowest BCUT2D eigenvalue weighted by molar-refractivity contribution is -0.148. The number of carboxylic acids is 1. The second-order valence-electron chi connectivity index (χ2n) is 4.85. The highest BCUT2D eigenvalue weighted by Crippen LogP contribution is 2.26. The molecule has 116 valence electrons. The number of aromatic nitrogens is 1. The molecule has 0 bridgehead atoms. The number of carbonyl (C=O) groups excluding carboxylic acids is 1. The molecule has 0 saturated heterocycles. The van der Waals surface area contributed by atoms with E-state index in [0.29, 0.717) is 5.69 Å². The van der Waals surface area contributed by atoms with Crippen LogP contribution >= 0.6 is 27.3 Å². The summed E-state index contributed by atoms with van der Waals surface area (Å²) in [5, 5.41) is 11.6. The number of halogens is 1. The molecule has 0 saturated carbocycles. The highest BCUT2D eigenvalue weighted by atomic mass is 79.9. The summed E-state index contributed by atoms with van der Waals surface area (Å²) in [4.78, 5) is 28.7. The van der Waals surface area contributed by atoms with Gasteiger partial charge in [0, 0.05) is 22.5 Å². The van der Waals surface area contributed by atoms with Crippen LogP contribution in [0.1, 0.15) is 12.6 Å². The van der Waals surface area contributed by atoms with Gasteiger partial charge in [0.25, 0.3) is 0 Å². The van der Waals surface area contributed by atoms with Gasteiger partial charge in [0.1, 0.15) is 11.0 Å². The topological polar surface area (TPSA) is 70.5 Å². The van der Waals surface area contributed by atoms with E-state index in [0.717, 1.165) is 15.0 Å². The van der Waals surface area contributed by atoms with Gasteiger partial charge in [-0.3, -0.25) is 4.79 Å². The third kappa shape index (κ3) is 3.92. The first-order valence-corrected chi connectivity index (χ1v) is 8.24. The van der Waals surface area contributed by atoms with E-state index in [1.807, 2.05) is 29.6 Å². The summed E-state index contributed by atoms with van der Waals surface area (Å²) in [6.07, 6.45) is 0.0959. The van der Waals surface area contributed by atoms with Crippen LogP contribution in [0.15, 0.2) is 34.1 Å². The zero-order chi connectivity index (χ0) is 16.3. The molecule has 0 aliphatic heterocycles. The van der Waals surface area contributed by atoms with E-state index in [-0.39, 0.29) is 12.3 Å². The molecule has 0 spiro atoms. The van der Waals surface area contributed by atoms with E-state index < -0.39 is 12.0 Å². The number of hydrogen-bond donors (Lipinski definition) is 1. The summed E-state index contributed by atoms with van der Waals surface area (Å²) in [6.45, 7) is 1.48. The summed E-state index contributed by atoms with van der Waals surface area (Å²) in [5.74, 6) is -1.29. The predicted octanol–water partition coefficient (Wildman–Crippen LogP) is 3.05. The number of nitrogens with zero attached hydrogens (tertiary/aromatic N) is 2. The molecule has 2 aromatic rings. The maximum Gasteiger partial charge on any atom is 0.326 e. The molecule has 1 aromatic carbocycles. The van der Waals surface area contributed by atoms with Crippen molar-refractivity contribution in [2.45, 2.75) is 19.4 Å². The van der Waals surface area contributed by atoms with Gasteiger partial charge in [0.2, 0.25) is 5.91 Å². The Morgan fingerprint density at radius 2 is 2.18 bits per heavy atom. The first-order chi connectivity index (χ1) is 10.4. The van der Waals surface area contributed by atoms with Gasteiger partial charge in [0.05, 0.1) is 12.1 Å². The molecule has 0 fully saturated rings. The number of hydrogen-bond acceptors (Lipinski definition) is 4. The van der Waals surface area contributed by atoms with Crippen molar-refractivity contribution in [1.29, 1.82) is 0 Å². The van der Waals surface area contributed by atoms with Gasteiger partial charge in [0.15, 0.2) is 0 Å². The Kier molecular flexibility index (Phi) is 5.31. The second-order valence-corrected chi connectivity index (χ2v) is 6.62. The van der Waals surface area contributed by atoms with Crippen LogP contribution in [0, 0.1) is 0 Å². The van der Waals surface area contributed by atoms with Gasteiger partial charge >= 0.3 is 5.97 Å². The quantitative estimate of drug-likeness (QED) is 0.862. The average Bonchev–Trinajstić information content (AvgIpc) is 2.94. The van der Waals surface area contributed by atoms with Gasteiger partial charge in [-0.2, -0.15) is 0 Å². The number of rotatable bonds is 5. The number of carbonyl (C=O) groups is 2. The molecular weight excluding hydrogens is 368 g/mol. The number of likely N-dealkylation sites (N-methyl/N-ethyl adjacent to an activating group) is 1. The van der Waals surface area contributed by atoms with Crippen molar-refractivity contribution >= 4 is 39.1 Å². The Morgan fingerprint density at radius 3 is 2.82 bits per heavy atom. The molecule has 1 amide bonds. The summed E-state index contributed by atoms with van der Waals surface area (Å²) in [7, 11) is 1.49. The van der Waals surface area contributed by atoms with E-state index in [2.05, 4.69) is 20.9 Å². The largest absolute Gasteiger partial charge is 0.480 e. The van der Waals surface area contributed by atoms with Crippen molar-refractivity contribution in [1.82, 2.24) is 9.88 Å². The van der Waals surface area contributed by atoms with Gasteiger partial charge < -0.3 is 10.0 Å². The molecule has 22 heavy (non-hydrogen) atoms. The molecule has 1 N–H and O–H groups in total. The number of thiazole rings is 1. The monoisotopic (exact) mass is 382 g/mol. The molecular formula is C15H15BrN2O3S. The maximum absolute atomic E-state index is 12.1. The predicted molar refractivity (Wildman–Crippen MR) is 88.8 cm³/mol. The van der Waals surface area contributed by atoms with Crippen molar-refractivity contribution < 1.29 is 14.7 Å². The van der Waals surface area contributed by atoms with Crippen LogP contribution in [0.25, 0.3) is 10.6 Å². The summed E-state index contributed by atoms with van der Waals surface area (Å²) >= 11 is 4.88. The smallest absolute Gasteiger partial charge is 0.326 e. The molecule has 2 rings (SSSR count). The van der Waals surface area contributed by atoms with Crippen molar-refractivity contribution in [3.63, 3.8) is 0 Å². The van der Waals surface area contributed by atoms with E-state index in [1.165, 1.54) is 30.2 Å². The van der Waals surface area contributed by atoms with Crippen LogP contribution in [-0.4, -0.2) is 40.0 Å². The van der Waals surface area contributed by atoms with Crippen molar-refractivity contribution in [2.75, 3.05) is 7.05 Å². The number of carboxylic acid groups (broad SMARTS) is 1. The SMILES string of the molecule is CC(C(=O)O)N(C)C(=O)Cc1csc(-c2cccc(Br)c2)n1. The lowest BCUT2D eigenvalue weighted by atomic mass is 10.2. The Morgan fingerprint density at radius 1 is 1.45 bits per heavy atom. The molecule has 1 unspecified atom stereocenters. The Labute approximate surface area is 140 Å². The van der Waals surface area contributed by atoms with E-state index in [4.69, 9.17) is 5.11 Å². The fourth-order valence-electron chi connectivity index (χ4n) is 1.80. The highest BCUT2D eigenvalue weighted by molar-refractivity contribution is 9.10. The molecule has 1 aromatic heterocycles. The van der Waals surface area contributed by atoms with Crippen LogP contribution in [0.4, 0.5) is 0 Å². The van der Waals surface area contributed by atoms with Gasteiger partial charge in [-0.1, -0.05) is 28.1 Å². The fraction of sp³-hybridized carbons (Fsp3) is 0.267. The second kappa shape index (κ2) is 7.02. The molecule has 1 atom stereocenters. The first-order valence-electron chi connectivity index (χ1n) is 6.57. The van der Waals surface area contributed by atoms with Crippen LogP contribution in [-0.2, 0) is 16.0 Å². The number of benzene rings is 1. The zero-order valence-corrected chi connectivity index (χ0v) is 14.5. The minimum atomic E-state index is -1.02. The van der Waals surface area contributed by atoms with Crippen molar-refractivity contribution in [3.05, 3.63) is 39.8 Å². The maximum atomic E-state index is 12.1. The normalized spacial score (nSPS) is 12.0. The standard InChI is InChI=1S/C15H15BrN2O3S/c1-9(15(20)21)18(2)13(19)7-12-8-22-14(17-12)10-4-3-5-11(16)6-10/h3-6,8-9H,7H2,1-2H3,(H,20,21). The minimum absolute atomic E-state index is 0.0959. The summed E-state index contributed by atoms with van der Waals surface area (Å²) in [6, 6.07) is 6.92. The third-order valence-electron chi connectivity index (χ3n) is 3.29. The van der Waals surface area contributed by atoms with Gasteiger partial charge in [-0.05, 0) is 19.1 Å². The van der Waals surface area contributed by atoms with E-state index in [9.17, 15) is 9.59 Å². The Balaban J connectivity index is 2.09. The average molecular weight is 383 g/mol. The van der Waals surface area contributed by atoms with Gasteiger partial charge in [-0.25, -0.2) is 9.78 Å². The van der Waals surface area contributed by atoms with Crippen LogP contribution in [0.3, 0.4) is 0 Å². The van der Waals surface area contributed by atoms with Crippen LogP contribution < -0.4 is 0 Å². The molecule has 5 nitrogen and oxygen atoms in total. The Hall–Kier alpha value is -1.73. The summed E-state index contributed by atoms with van der Waals surface area (Å²) < 4.78 is 0.966. The van der Waals surface area contributed by atoms with Crippen LogP contribution in [0.2, 0.25) is 0 Å². The molecule has 0 aliphatic rings.